The summed E-state index contributed by atoms with van der Waals surface area (Å²) >= 11 is 0. The van der Waals surface area contributed by atoms with Gasteiger partial charge in [-0.2, -0.15) is 0 Å². The Morgan fingerprint density at radius 2 is 0.905 bits per heavy atom. The van der Waals surface area contributed by atoms with Crippen molar-refractivity contribution in [1.29, 1.82) is 0 Å². The van der Waals surface area contributed by atoms with Crippen molar-refractivity contribution in [2.45, 2.75) is 236 Å². The van der Waals surface area contributed by atoms with Crippen molar-refractivity contribution < 1.29 is 76.9 Å². The Morgan fingerprint density at radius 1 is 0.524 bits per heavy atom. The molecular weight excluding hydrogens is 858 g/mol. The highest BCUT2D eigenvalue weighted by molar-refractivity contribution is 7.46. The maximum absolute atomic E-state index is 12.8. The van der Waals surface area contributed by atoms with E-state index in [1.54, 1.807) is 0 Å². The van der Waals surface area contributed by atoms with Crippen LogP contribution in [0.4, 0.5) is 0 Å². The second-order valence-electron chi connectivity index (χ2n) is 16.8. The zero-order valence-corrected chi connectivity index (χ0v) is 40.0. The van der Waals surface area contributed by atoms with Gasteiger partial charge in [-0.3, -0.25) is 18.7 Å². The number of carbonyl (C=O) groups excluding carboxylic acids is 2. The van der Waals surface area contributed by atoms with E-state index < -0.39 is 83.5 Å². The number of allylic oxidation sites excluding steroid dienone is 4. The molecule has 0 heterocycles. The monoisotopic (exact) mass is 941 g/mol. The zero-order chi connectivity index (χ0) is 46.8. The summed E-state index contributed by atoms with van der Waals surface area (Å²) in [4.78, 5) is 58.5. The molecular formula is C45H82O16P2-2. The molecule has 1 aliphatic rings. The van der Waals surface area contributed by atoms with E-state index in [1.807, 2.05) is 0 Å². The van der Waals surface area contributed by atoms with Gasteiger partial charge in [-0.25, -0.2) is 0 Å². The Hall–Kier alpha value is -1.52. The lowest BCUT2D eigenvalue weighted by atomic mass is 9.85. The predicted octanol–water partition coefficient (Wildman–Crippen LogP) is 7.69. The lowest BCUT2D eigenvalue weighted by molar-refractivity contribution is -0.271. The first-order valence-electron chi connectivity index (χ1n) is 23.8. The molecule has 0 bridgehead atoms. The quantitative estimate of drug-likeness (QED) is 0.0171. The number of phosphoric acid groups is 2. The van der Waals surface area contributed by atoms with Crippen LogP contribution < -0.4 is 9.79 Å². The van der Waals surface area contributed by atoms with Gasteiger partial charge in [0.15, 0.2) is 6.10 Å². The molecule has 0 aromatic heterocycles. The minimum absolute atomic E-state index is 0.0134. The third kappa shape index (κ3) is 31.2. The highest BCUT2D eigenvalue weighted by atomic mass is 31.2. The molecule has 1 aliphatic carbocycles. The van der Waals surface area contributed by atoms with Crippen molar-refractivity contribution in [3.63, 3.8) is 0 Å². The summed E-state index contributed by atoms with van der Waals surface area (Å²) in [7, 11) is -11.2. The molecule has 1 fully saturated rings. The third-order valence-corrected chi connectivity index (χ3v) is 12.5. The van der Waals surface area contributed by atoms with Crippen LogP contribution in [-0.4, -0.2) is 93.2 Å². The summed E-state index contributed by atoms with van der Waals surface area (Å²) in [5, 5.41) is 41.0. The van der Waals surface area contributed by atoms with Gasteiger partial charge in [0.1, 0.15) is 43.2 Å². The fraction of sp³-hybridized carbons (Fsp3) is 0.867. The highest BCUT2D eigenvalue weighted by Gasteiger charge is 2.52. The molecule has 0 amide bonds. The number of phosphoric ester groups is 2. The van der Waals surface area contributed by atoms with Gasteiger partial charge >= 0.3 is 11.9 Å². The number of carbonyl (C=O) groups is 2. The standard InChI is InChI=1S/C45H84O16P2/c1-3-5-7-9-11-13-15-17-19-21-23-25-27-29-31-33-38(46)57-35-37(59-39(47)34-32-30-28-26-24-22-20-18-16-14-12-10-8-6-4-2)36-58-63(55,56)61-45-42(50)40(48)41(49)44(43(45)51)60-62(52,53)54/h17-20,37,40-45,48-51H,3-16,21-36H2,1-2H3,(H,55,56)(H2,52,53,54)/p-2/b19-17-,20-18-/t37-,40?,41?,42?,43?,44-,45+/m1/s1. The molecule has 18 heteroatoms. The Labute approximate surface area is 377 Å². The SMILES string of the molecule is CCCCCCCC/C=C\CCCCCCCC(=O)OC[C@H](COP(=O)([O-])O[C@H]1C(O)C(O)C(O)[C@@H](OP(=O)([O-])O)C1O)OC(=O)CCCCCCC/C=C\CCCCCCCC. The number of hydrogen-bond acceptors (Lipinski definition) is 15. The van der Waals surface area contributed by atoms with Crippen LogP contribution in [0.15, 0.2) is 24.3 Å². The predicted molar refractivity (Wildman–Crippen MR) is 237 cm³/mol. The van der Waals surface area contributed by atoms with Crippen molar-refractivity contribution >= 4 is 27.6 Å². The Morgan fingerprint density at radius 3 is 1.33 bits per heavy atom. The summed E-state index contributed by atoms with van der Waals surface area (Å²) in [5.74, 6) is -1.27. The molecule has 0 aliphatic heterocycles. The average Bonchev–Trinajstić information content (AvgIpc) is 3.23. The Balaban J connectivity index is 2.60. The first-order valence-corrected chi connectivity index (χ1v) is 26.8. The van der Waals surface area contributed by atoms with Gasteiger partial charge < -0.3 is 58.2 Å². The summed E-state index contributed by atoms with van der Waals surface area (Å²) in [6, 6.07) is 0. The van der Waals surface area contributed by atoms with E-state index in [1.165, 1.54) is 77.0 Å². The van der Waals surface area contributed by atoms with Crippen molar-refractivity contribution in [2.24, 2.45) is 0 Å². The number of ether oxygens (including phenoxy) is 2. The van der Waals surface area contributed by atoms with E-state index in [-0.39, 0.29) is 12.8 Å². The summed E-state index contributed by atoms with van der Waals surface area (Å²) in [5.41, 5.74) is 0. The van der Waals surface area contributed by atoms with Crippen molar-refractivity contribution in [3.8, 4) is 0 Å². The maximum atomic E-state index is 12.8. The van der Waals surface area contributed by atoms with Crippen LogP contribution >= 0.6 is 15.6 Å². The molecule has 5 N–H and O–H groups in total. The van der Waals surface area contributed by atoms with Gasteiger partial charge in [-0.05, 0) is 64.2 Å². The van der Waals surface area contributed by atoms with E-state index in [9.17, 15) is 48.9 Å². The molecule has 63 heavy (non-hydrogen) atoms. The Bertz CT molecular complexity index is 1330. The van der Waals surface area contributed by atoms with E-state index in [4.69, 9.17) is 23.4 Å². The Kier molecular flexibility index (Phi) is 34.5. The van der Waals surface area contributed by atoms with Crippen LogP contribution in [0.2, 0.25) is 0 Å². The fourth-order valence-corrected chi connectivity index (χ4v) is 8.75. The average molecular weight is 941 g/mol. The number of hydrogen-bond donors (Lipinski definition) is 5. The number of unbranched alkanes of at least 4 members (excludes halogenated alkanes) is 22. The smallest absolute Gasteiger partial charge is 0.306 e. The van der Waals surface area contributed by atoms with Crippen molar-refractivity contribution in [3.05, 3.63) is 24.3 Å². The number of aliphatic hydroxyl groups excluding tert-OH is 4. The van der Waals surface area contributed by atoms with E-state index in [2.05, 4.69) is 42.7 Å². The van der Waals surface area contributed by atoms with Gasteiger partial charge in [0, 0.05) is 12.8 Å². The fourth-order valence-electron chi connectivity index (χ4n) is 7.24. The molecule has 1 rings (SSSR count). The number of aliphatic hydroxyl groups is 4. The number of rotatable bonds is 40. The van der Waals surface area contributed by atoms with Crippen molar-refractivity contribution in [1.82, 2.24) is 0 Å². The maximum Gasteiger partial charge on any atom is 0.306 e. The minimum atomic E-state index is -5.63. The molecule has 0 saturated heterocycles. The summed E-state index contributed by atoms with van der Waals surface area (Å²) < 4.78 is 48.7. The number of esters is 2. The van der Waals surface area contributed by atoms with Gasteiger partial charge in [0.25, 0.3) is 15.6 Å². The second-order valence-corrected chi connectivity index (χ2v) is 19.3. The van der Waals surface area contributed by atoms with Gasteiger partial charge in [0.05, 0.1) is 6.61 Å². The van der Waals surface area contributed by atoms with Crippen LogP contribution in [0.5, 0.6) is 0 Å². The van der Waals surface area contributed by atoms with Crippen LogP contribution in [0.3, 0.4) is 0 Å². The van der Waals surface area contributed by atoms with Crippen LogP contribution in [0.25, 0.3) is 0 Å². The normalized spacial score (nSPS) is 22.9. The second kappa shape index (κ2) is 36.6. The molecule has 1 saturated carbocycles. The van der Waals surface area contributed by atoms with E-state index in [0.29, 0.717) is 12.8 Å². The van der Waals surface area contributed by atoms with Gasteiger partial charge in [-0.1, -0.05) is 141 Å². The van der Waals surface area contributed by atoms with Crippen LogP contribution in [0, 0.1) is 0 Å². The molecule has 0 aromatic carbocycles. The van der Waals surface area contributed by atoms with Crippen molar-refractivity contribution in [2.75, 3.05) is 13.2 Å². The summed E-state index contributed by atoms with van der Waals surface area (Å²) in [6.07, 6.45) is 22.0. The van der Waals surface area contributed by atoms with Crippen LogP contribution in [0.1, 0.15) is 194 Å². The molecule has 16 nitrogen and oxygen atoms in total. The molecule has 0 aromatic rings. The van der Waals surface area contributed by atoms with Gasteiger partial charge in [0.2, 0.25) is 0 Å². The first kappa shape index (κ1) is 59.5. The molecule has 6 unspecified atom stereocenters. The first-order chi connectivity index (χ1) is 30.1. The largest absolute Gasteiger partial charge is 0.756 e. The topological polar surface area (TPSA) is 262 Å². The van der Waals surface area contributed by atoms with E-state index in [0.717, 1.165) is 77.0 Å². The van der Waals surface area contributed by atoms with E-state index >= 15 is 0 Å². The zero-order valence-electron chi connectivity index (χ0n) is 38.2. The van der Waals surface area contributed by atoms with Crippen LogP contribution in [-0.2, 0) is 41.8 Å². The third-order valence-electron chi connectivity index (χ3n) is 11.0. The molecule has 370 valence electrons. The van der Waals surface area contributed by atoms with Gasteiger partial charge in [-0.15, -0.1) is 0 Å². The minimum Gasteiger partial charge on any atom is -0.756 e. The summed E-state index contributed by atoms with van der Waals surface area (Å²) in [6.45, 7) is 2.98. The molecule has 0 radical (unpaired) electrons. The lowest BCUT2D eigenvalue weighted by Gasteiger charge is -2.45. The highest BCUT2D eigenvalue weighted by Crippen LogP contribution is 2.45. The lowest BCUT2D eigenvalue weighted by Crippen LogP contribution is -2.64. The molecule has 0 spiro atoms. The molecule has 9 atom stereocenters.